The van der Waals surface area contributed by atoms with Gasteiger partial charge in [0.15, 0.2) is 9.90 Å². The van der Waals surface area contributed by atoms with Crippen molar-refractivity contribution >= 4 is 27.3 Å². The van der Waals surface area contributed by atoms with E-state index in [1.807, 2.05) is 6.07 Å². The number of aromatic carboxylic acids is 1. The Balaban J connectivity index is 3.11. The molecule has 1 heterocycles. The van der Waals surface area contributed by atoms with Crippen LogP contribution in [0.4, 0.5) is 0 Å². The van der Waals surface area contributed by atoms with Crippen LogP contribution in [0.2, 0.25) is 0 Å². The van der Waals surface area contributed by atoms with E-state index in [1.54, 1.807) is 6.92 Å². The molecule has 1 aromatic heterocycles. The molecule has 7 nitrogen and oxygen atoms in total. The number of aromatic nitrogens is 1. The van der Waals surface area contributed by atoms with Crippen molar-refractivity contribution in [3.63, 3.8) is 0 Å². The Morgan fingerprint density at radius 2 is 2.33 bits per heavy atom. The normalized spacial score (nSPS) is 13.2. The third-order valence-corrected chi connectivity index (χ3v) is 5.30. The third kappa shape index (κ3) is 2.84. The van der Waals surface area contributed by atoms with Gasteiger partial charge in [-0.05, 0) is 6.92 Å². The van der Waals surface area contributed by atoms with Crippen molar-refractivity contribution in [2.75, 3.05) is 13.6 Å². The van der Waals surface area contributed by atoms with E-state index in [0.29, 0.717) is 0 Å². The molecule has 0 aliphatic carbocycles. The highest BCUT2D eigenvalue weighted by atomic mass is 32.2. The Kier molecular flexibility index (Phi) is 4.39. The molecule has 0 aliphatic heterocycles. The monoisotopic (exact) mass is 289 g/mol. The molecule has 0 fully saturated rings. The van der Waals surface area contributed by atoms with Crippen LogP contribution in [0.3, 0.4) is 0 Å². The number of rotatable bonds is 5. The maximum atomic E-state index is 12.1. The van der Waals surface area contributed by atoms with Gasteiger partial charge in [-0.25, -0.2) is 18.2 Å². The van der Waals surface area contributed by atoms with Crippen molar-refractivity contribution in [3.05, 3.63) is 11.2 Å². The summed E-state index contributed by atoms with van der Waals surface area (Å²) < 4.78 is 24.8. The molecule has 0 spiro atoms. The van der Waals surface area contributed by atoms with E-state index in [4.69, 9.17) is 10.4 Å². The van der Waals surface area contributed by atoms with Crippen molar-refractivity contribution in [2.24, 2.45) is 5.92 Å². The van der Waals surface area contributed by atoms with Crippen LogP contribution in [0.15, 0.2) is 9.72 Å². The van der Waals surface area contributed by atoms with Crippen LogP contribution in [0, 0.1) is 17.2 Å². The van der Waals surface area contributed by atoms with Crippen molar-refractivity contribution in [3.8, 4) is 6.07 Å². The fourth-order valence-electron chi connectivity index (χ4n) is 1.23. The molecule has 1 aromatic rings. The van der Waals surface area contributed by atoms with Gasteiger partial charge >= 0.3 is 5.97 Å². The zero-order valence-corrected chi connectivity index (χ0v) is 11.3. The van der Waals surface area contributed by atoms with E-state index in [2.05, 4.69) is 4.98 Å². The smallest absolute Gasteiger partial charge is 0.356 e. The highest BCUT2D eigenvalue weighted by molar-refractivity contribution is 7.91. The van der Waals surface area contributed by atoms with Crippen molar-refractivity contribution in [1.82, 2.24) is 9.29 Å². The Labute approximate surface area is 108 Å². The van der Waals surface area contributed by atoms with Gasteiger partial charge in [0.05, 0.1) is 17.5 Å². The molecule has 0 amide bonds. The van der Waals surface area contributed by atoms with Crippen LogP contribution < -0.4 is 0 Å². The lowest BCUT2D eigenvalue weighted by Gasteiger charge is -2.17. The second-order valence-corrected chi connectivity index (χ2v) is 6.70. The number of sulfonamides is 1. The number of hydrogen-bond donors (Lipinski definition) is 1. The van der Waals surface area contributed by atoms with Gasteiger partial charge in [0.25, 0.3) is 10.0 Å². The predicted molar refractivity (Wildman–Crippen MR) is 63.7 cm³/mol. The number of nitriles is 1. The fraction of sp³-hybridized carbons (Fsp3) is 0.444. The number of carbonyl (C=O) groups is 1. The Morgan fingerprint density at radius 3 is 2.83 bits per heavy atom. The summed E-state index contributed by atoms with van der Waals surface area (Å²) in [7, 11) is -2.62. The van der Waals surface area contributed by atoms with Crippen LogP contribution in [0.1, 0.15) is 17.4 Å². The molecule has 1 rings (SSSR count). The summed E-state index contributed by atoms with van der Waals surface area (Å²) in [6.07, 6.45) is 0. The summed E-state index contributed by atoms with van der Waals surface area (Å²) in [6.45, 7) is 1.58. The number of carboxylic acids is 1. The van der Waals surface area contributed by atoms with Gasteiger partial charge < -0.3 is 5.11 Å². The first-order chi connectivity index (χ1) is 8.30. The van der Waals surface area contributed by atoms with E-state index in [9.17, 15) is 13.2 Å². The average molecular weight is 289 g/mol. The lowest BCUT2D eigenvalue weighted by Crippen LogP contribution is -2.31. The minimum Gasteiger partial charge on any atom is -0.476 e. The third-order valence-electron chi connectivity index (χ3n) is 2.13. The predicted octanol–water partition coefficient (Wildman–Crippen LogP) is 0.621. The van der Waals surface area contributed by atoms with Gasteiger partial charge in [-0.2, -0.15) is 9.57 Å². The van der Waals surface area contributed by atoms with Gasteiger partial charge in [0.2, 0.25) is 0 Å². The van der Waals surface area contributed by atoms with Gasteiger partial charge in [0, 0.05) is 13.6 Å². The molecule has 1 N–H and O–H groups in total. The highest BCUT2D eigenvalue weighted by Crippen LogP contribution is 2.23. The van der Waals surface area contributed by atoms with Gasteiger partial charge in [0.1, 0.15) is 0 Å². The topological polar surface area (TPSA) is 111 Å². The summed E-state index contributed by atoms with van der Waals surface area (Å²) in [5, 5.41) is 17.5. The van der Waals surface area contributed by atoms with E-state index in [1.165, 1.54) is 7.05 Å². The van der Waals surface area contributed by atoms with Crippen LogP contribution in [0.25, 0.3) is 0 Å². The summed E-state index contributed by atoms with van der Waals surface area (Å²) in [5.74, 6) is -1.87. The average Bonchev–Trinajstić information content (AvgIpc) is 2.78. The van der Waals surface area contributed by atoms with Crippen LogP contribution in [-0.4, -0.2) is 42.4 Å². The fourth-order valence-corrected chi connectivity index (χ4v) is 3.82. The molecule has 9 heteroatoms. The van der Waals surface area contributed by atoms with E-state index >= 15 is 0 Å². The molecule has 98 valence electrons. The minimum absolute atomic E-state index is 0.00417. The maximum Gasteiger partial charge on any atom is 0.356 e. The van der Waals surface area contributed by atoms with Crippen molar-refractivity contribution in [1.29, 1.82) is 5.26 Å². The largest absolute Gasteiger partial charge is 0.476 e. The second-order valence-electron chi connectivity index (χ2n) is 3.61. The quantitative estimate of drug-likeness (QED) is 0.850. The van der Waals surface area contributed by atoms with Crippen LogP contribution in [-0.2, 0) is 10.0 Å². The summed E-state index contributed by atoms with van der Waals surface area (Å²) in [4.78, 5) is 14.4. The Hall–Kier alpha value is -1.50. The van der Waals surface area contributed by atoms with Gasteiger partial charge in [-0.15, -0.1) is 11.3 Å². The summed E-state index contributed by atoms with van der Waals surface area (Å²) in [6, 6.07) is 1.92. The van der Waals surface area contributed by atoms with Crippen molar-refractivity contribution < 1.29 is 18.3 Å². The van der Waals surface area contributed by atoms with Gasteiger partial charge in [-0.1, -0.05) is 0 Å². The number of carboxylic acid groups (broad SMARTS) is 1. The van der Waals surface area contributed by atoms with E-state index < -0.39 is 27.6 Å². The molecule has 0 aliphatic rings. The van der Waals surface area contributed by atoms with Crippen molar-refractivity contribution in [2.45, 2.75) is 11.1 Å². The number of hydrogen-bond acceptors (Lipinski definition) is 6. The molecular weight excluding hydrogens is 278 g/mol. The highest BCUT2D eigenvalue weighted by Gasteiger charge is 2.30. The van der Waals surface area contributed by atoms with Crippen LogP contribution in [0.5, 0.6) is 0 Å². The molecule has 0 bridgehead atoms. The first-order valence-corrected chi connectivity index (χ1v) is 7.15. The summed E-state index contributed by atoms with van der Waals surface area (Å²) >= 11 is 0.743. The SMILES string of the molecule is CC(C#N)CN(C)S(=O)(=O)c1scnc1C(=O)O. The van der Waals surface area contributed by atoms with E-state index in [-0.39, 0.29) is 10.8 Å². The molecule has 0 saturated heterocycles. The first kappa shape index (κ1) is 14.6. The number of thiazole rings is 1. The zero-order valence-electron chi connectivity index (χ0n) is 9.69. The molecule has 0 aromatic carbocycles. The Morgan fingerprint density at radius 1 is 1.72 bits per heavy atom. The molecule has 0 saturated carbocycles. The molecule has 1 atom stereocenters. The summed E-state index contributed by atoms with van der Waals surface area (Å²) in [5.41, 5.74) is 0.675. The first-order valence-electron chi connectivity index (χ1n) is 4.83. The molecule has 18 heavy (non-hydrogen) atoms. The molecular formula is C9H11N3O4S2. The maximum absolute atomic E-state index is 12.1. The minimum atomic E-state index is -3.92. The number of nitrogens with zero attached hydrogens (tertiary/aromatic N) is 3. The second kappa shape index (κ2) is 5.43. The molecule has 0 radical (unpaired) electrons. The van der Waals surface area contributed by atoms with E-state index in [0.717, 1.165) is 21.2 Å². The lowest BCUT2D eigenvalue weighted by atomic mass is 10.2. The zero-order chi connectivity index (χ0) is 13.9. The van der Waals surface area contributed by atoms with Crippen LogP contribution >= 0.6 is 11.3 Å². The standard InChI is InChI=1S/C9H11N3O4S2/c1-6(3-10)4-12(2)18(15,16)9-7(8(13)14)11-5-17-9/h5-6H,4H2,1-2H3,(H,13,14). The Bertz CT molecular complexity index is 587. The van der Waals surface area contributed by atoms with Gasteiger partial charge in [-0.3, -0.25) is 0 Å². The lowest BCUT2D eigenvalue weighted by molar-refractivity contribution is 0.0687. The molecule has 1 unspecified atom stereocenters.